The number of rotatable bonds is 3. The van der Waals surface area contributed by atoms with Crippen LogP contribution in [-0.4, -0.2) is 42.2 Å². The average molecular weight is 429 g/mol. The molecule has 0 aliphatic carbocycles. The zero-order valence-electron chi connectivity index (χ0n) is 17.3. The Morgan fingerprint density at radius 1 is 1.06 bits per heavy atom. The van der Waals surface area contributed by atoms with Crippen molar-refractivity contribution >= 4 is 22.6 Å². The van der Waals surface area contributed by atoms with Crippen LogP contribution in [0.5, 0.6) is 0 Å². The zero-order valence-corrected chi connectivity index (χ0v) is 17.3. The van der Waals surface area contributed by atoms with Crippen LogP contribution in [0.4, 0.5) is 19.0 Å². The van der Waals surface area contributed by atoms with Crippen molar-refractivity contribution in [2.45, 2.75) is 45.3 Å². The minimum atomic E-state index is -4.61. The van der Waals surface area contributed by atoms with Gasteiger partial charge in [0.05, 0.1) is 11.0 Å². The van der Waals surface area contributed by atoms with E-state index in [1.54, 1.807) is 13.0 Å². The van der Waals surface area contributed by atoms with Crippen LogP contribution in [0.25, 0.3) is 16.8 Å². The third-order valence-electron chi connectivity index (χ3n) is 5.81. The molecule has 0 amide bonds. The SMILES string of the molecule is CCc1nc2ccccc2n1C1CCN(c2cc(C)nc3nc(C(F)(F)F)nn23)CC1. The number of hydrogen-bond acceptors (Lipinski definition) is 5. The summed E-state index contributed by atoms with van der Waals surface area (Å²) in [5, 5.41) is 3.70. The number of imidazole rings is 1. The molecule has 0 N–H and O–H groups in total. The standard InChI is InChI=1S/C21H22F3N7/c1-3-17-26-15-6-4-5-7-16(15)30(17)14-8-10-29(11-9-14)18-12-13(2)25-20-27-19(21(22,23)24)28-31(18)20/h4-7,12,14H,3,8-11H2,1-2H3. The third kappa shape index (κ3) is 3.39. The van der Waals surface area contributed by atoms with Gasteiger partial charge in [0.1, 0.15) is 11.6 Å². The molecule has 4 aromatic rings. The molecule has 1 fully saturated rings. The Morgan fingerprint density at radius 3 is 2.52 bits per heavy atom. The first-order chi connectivity index (χ1) is 14.8. The van der Waals surface area contributed by atoms with Crippen molar-refractivity contribution in [1.29, 1.82) is 0 Å². The highest BCUT2D eigenvalue weighted by molar-refractivity contribution is 5.76. The molecular formula is C21H22F3N7. The third-order valence-corrected chi connectivity index (χ3v) is 5.81. The molecule has 0 bridgehead atoms. The van der Waals surface area contributed by atoms with Gasteiger partial charge < -0.3 is 9.47 Å². The molecule has 1 aliphatic rings. The van der Waals surface area contributed by atoms with Gasteiger partial charge in [-0.3, -0.25) is 0 Å². The van der Waals surface area contributed by atoms with Crippen LogP contribution in [0, 0.1) is 6.92 Å². The van der Waals surface area contributed by atoms with Crippen LogP contribution >= 0.6 is 0 Å². The summed E-state index contributed by atoms with van der Waals surface area (Å²) in [7, 11) is 0. The van der Waals surface area contributed by atoms with Crippen LogP contribution in [0.15, 0.2) is 30.3 Å². The molecule has 1 aliphatic heterocycles. The van der Waals surface area contributed by atoms with E-state index in [0.717, 1.165) is 36.1 Å². The minimum Gasteiger partial charge on any atom is -0.356 e. The van der Waals surface area contributed by atoms with Crippen LogP contribution in [0.1, 0.15) is 43.1 Å². The molecule has 0 saturated carbocycles. The number of hydrogen-bond donors (Lipinski definition) is 0. The highest BCUT2D eigenvalue weighted by Crippen LogP contribution is 2.32. The predicted octanol–water partition coefficient (Wildman–Crippen LogP) is 4.21. The summed E-state index contributed by atoms with van der Waals surface area (Å²) in [6, 6.07) is 10.2. The van der Waals surface area contributed by atoms with Crippen molar-refractivity contribution in [3.8, 4) is 0 Å². The number of benzene rings is 1. The molecule has 0 radical (unpaired) electrons. The van der Waals surface area contributed by atoms with Gasteiger partial charge in [-0.1, -0.05) is 19.1 Å². The molecule has 162 valence electrons. The van der Waals surface area contributed by atoms with Crippen molar-refractivity contribution in [3.63, 3.8) is 0 Å². The number of alkyl halides is 3. The van der Waals surface area contributed by atoms with E-state index in [0.29, 0.717) is 30.6 Å². The van der Waals surface area contributed by atoms with E-state index in [9.17, 15) is 13.2 Å². The number of anilines is 1. The van der Waals surface area contributed by atoms with Crippen molar-refractivity contribution in [2.24, 2.45) is 0 Å². The molecule has 1 aromatic carbocycles. The lowest BCUT2D eigenvalue weighted by molar-refractivity contribution is -0.144. The minimum absolute atomic E-state index is 0.0293. The number of aryl methyl sites for hydroxylation is 2. The van der Waals surface area contributed by atoms with E-state index in [2.05, 4.69) is 37.5 Å². The van der Waals surface area contributed by atoms with Gasteiger partial charge in [0.2, 0.25) is 0 Å². The lowest BCUT2D eigenvalue weighted by atomic mass is 10.0. The lowest BCUT2D eigenvalue weighted by Crippen LogP contribution is -2.36. The number of nitrogens with zero attached hydrogens (tertiary/aromatic N) is 7. The van der Waals surface area contributed by atoms with Crippen LogP contribution < -0.4 is 4.90 Å². The van der Waals surface area contributed by atoms with Gasteiger partial charge in [0.15, 0.2) is 0 Å². The molecule has 7 nitrogen and oxygen atoms in total. The summed E-state index contributed by atoms with van der Waals surface area (Å²) >= 11 is 0. The van der Waals surface area contributed by atoms with E-state index >= 15 is 0 Å². The van der Waals surface area contributed by atoms with Crippen molar-refractivity contribution in [3.05, 3.63) is 47.7 Å². The maximum absolute atomic E-state index is 13.1. The monoisotopic (exact) mass is 429 g/mol. The average Bonchev–Trinajstić information content (AvgIpc) is 3.34. The molecule has 5 rings (SSSR count). The van der Waals surface area contributed by atoms with Crippen LogP contribution in [0.2, 0.25) is 0 Å². The Kier molecular flexibility index (Phi) is 4.60. The topological polar surface area (TPSA) is 64.1 Å². The summed E-state index contributed by atoms with van der Waals surface area (Å²) in [5.74, 6) is 0.459. The molecule has 0 atom stereocenters. The summed E-state index contributed by atoms with van der Waals surface area (Å²) in [6.45, 7) is 5.25. The van der Waals surface area contributed by atoms with Gasteiger partial charge in [-0.15, -0.1) is 5.10 Å². The van der Waals surface area contributed by atoms with Gasteiger partial charge in [-0.05, 0) is 31.9 Å². The van der Waals surface area contributed by atoms with Gasteiger partial charge in [-0.2, -0.15) is 22.7 Å². The highest BCUT2D eigenvalue weighted by Gasteiger charge is 2.37. The second kappa shape index (κ2) is 7.21. The van der Waals surface area contributed by atoms with Crippen molar-refractivity contribution in [2.75, 3.05) is 18.0 Å². The smallest absolute Gasteiger partial charge is 0.356 e. The van der Waals surface area contributed by atoms with E-state index < -0.39 is 12.0 Å². The van der Waals surface area contributed by atoms with E-state index in [4.69, 9.17) is 4.98 Å². The van der Waals surface area contributed by atoms with E-state index in [-0.39, 0.29) is 5.78 Å². The van der Waals surface area contributed by atoms with Crippen LogP contribution in [-0.2, 0) is 12.6 Å². The molecule has 31 heavy (non-hydrogen) atoms. The quantitative estimate of drug-likeness (QED) is 0.488. The van der Waals surface area contributed by atoms with Gasteiger partial charge in [0, 0.05) is 37.3 Å². The maximum atomic E-state index is 13.1. The molecule has 4 heterocycles. The number of aromatic nitrogens is 6. The number of halogens is 3. The zero-order chi connectivity index (χ0) is 21.8. The molecule has 1 saturated heterocycles. The first-order valence-electron chi connectivity index (χ1n) is 10.4. The summed E-state index contributed by atoms with van der Waals surface area (Å²) < 4.78 is 42.9. The first-order valence-corrected chi connectivity index (χ1v) is 10.4. The molecular weight excluding hydrogens is 407 g/mol. The highest BCUT2D eigenvalue weighted by atomic mass is 19.4. The molecule has 0 spiro atoms. The fourth-order valence-corrected chi connectivity index (χ4v) is 4.42. The fourth-order valence-electron chi connectivity index (χ4n) is 4.42. The van der Waals surface area contributed by atoms with Gasteiger partial charge in [0.25, 0.3) is 11.6 Å². The Balaban J connectivity index is 1.45. The Labute approximate surface area is 176 Å². The summed E-state index contributed by atoms with van der Waals surface area (Å²) in [5.41, 5.74) is 2.74. The van der Waals surface area contributed by atoms with Gasteiger partial charge in [-0.25, -0.2) is 9.97 Å². The molecule has 0 unspecified atom stereocenters. The molecule has 3 aromatic heterocycles. The van der Waals surface area contributed by atoms with Crippen molar-refractivity contribution < 1.29 is 13.2 Å². The summed E-state index contributed by atoms with van der Waals surface area (Å²) in [6.07, 6.45) is -2.04. The second-order valence-corrected chi connectivity index (χ2v) is 7.86. The summed E-state index contributed by atoms with van der Waals surface area (Å²) in [4.78, 5) is 14.6. The normalized spacial score (nSPS) is 16.0. The number of para-hydroxylation sites is 2. The Bertz CT molecular complexity index is 1250. The largest absolute Gasteiger partial charge is 0.453 e. The van der Waals surface area contributed by atoms with E-state index in [1.807, 2.05) is 18.2 Å². The van der Waals surface area contributed by atoms with Crippen molar-refractivity contribution in [1.82, 2.24) is 29.1 Å². The Morgan fingerprint density at radius 2 is 1.81 bits per heavy atom. The van der Waals surface area contributed by atoms with E-state index in [1.165, 1.54) is 4.52 Å². The maximum Gasteiger partial charge on any atom is 0.453 e. The van der Waals surface area contributed by atoms with Crippen LogP contribution in [0.3, 0.4) is 0 Å². The second-order valence-electron chi connectivity index (χ2n) is 7.86. The predicted molar refractivity (Wildman–Crippen MR) is 110 cm³/mol. The molecule has 10 heteroatoms. The van der Waals surface area contributed by atoms with Gasteiger partial charge >= 0.3 is 6.18 Å². The Hall–Kier alpha value is -3.17. The lowest BCUT2D eigenvalue weighted by Gasteiger charge is -2.35. The number of piperidine rings is 1. The fraction of sp³-hybridized carbons (Fsp3) is 0.429. The number of fused-ring (bicyclic) bond motifs is 2. The first kappa shape index (κ1) is 19.8.